The van der Waals surface area contributed by atoms with Crippen LogP contribution in [-0.2, 0) is 4.79 Å². The molecule has 0 atom stereocenters. The van der Waals surface area contributed by atoms with Gasteiger partial charge in [0.2, 0.25) is 0 Å². The predicted molar refractivity (Wildman–Crippen MR) is 116 cm³/mol. The Bertz CT molecular complexity index is 1070. The van der Waals surface area contributed by atoms with Gasteiger partial charge in [-0.15, -0.1) is 0 Å². The quantitative estimate of drug-likeness (QED) is 0.364. The number of hydrogen-bond donors (Lipinski definition) is 1. The van der Waals surface area contributed by atoms with Crippen LogP contribution in [0.1, 0.15) is 48.2 Å². The molecule has 1 aliphatic carbocycles. The Hall–Kier alpha value is -3.14. The van der Waals surface area contributed by atoms with Crippen LogP contribution in [0.25, 0.3) is 16.6 Å². The number of carbonyl (C=O) groups is 2. The number of Topliss-reactive ketones (excluding diaryl/α,β-unsaturated/α-hetero) is 1. The molecule has 0 radical (unpaired) electrons. The first kappa shape index (κ1) is 19.2. The van der Waals surface area contributed by atoms with Gasteiger partial charge in [0.15, 0.2) is 0 Å². The molecule has 1 aliphatic rings. The highest BCUT2D eigenvalue weighted by Gasteiger charge is 2.24. The van der Waals surface area contributed by atoms with E-state index < -0.39 is 11.7 Å². The van der Waals surface area contributed by atoms with Gasteiger partial charge in [0.1, 0.15) is 5.69 Å². The minimum Gasteiger partial charge on any atom is -0.349 e. The molecule has 0 fully saturated rings. The van der Waals surface area contributed by atoms with Crippen LogP contribution in [0.3, 0.4) is 0 Å². The number of amides is 1. The smallest absolute Gasteiger partial charge is 0.294 e. The van der Waals surface area contributed by atoms with Gasteiger partial charge in [-0.2, -0.15) is 0 Å². The molecule has 3 aromatic rings. The van der Waals surface area contributed by atoms with Crippen LogP contribution in [0.15, 0.2) is 66.4 Å². The molecule has 1 amide bonds. The lowest BCUT2D eigenvalue weighted by atomic mass is 9.97. The largest absolute Gasteiger partial charge is 0.349 e. The number of benzene rings is 1. The Morgan fingerprint density at radius 3 is 2.66 bits per heavy atom. The van der Waals surface area contributed by atoms with E-state index in [0.29, 0.717) is 12.2 Å². The fourth-order valence-electron chi connectivity index (χ4n) is 3.96. The van der Waals surface area contributed by atoms with Crippen molar-refractivity contribution in [1.82, 2.24) is 9.72 Å². The number of fused-ring (bicyclic) bond motifs is 1. The number of nitrogens with one attached hydrogen (secondary N) is 1. The summed E-state index contributed by atoms with van der Waals surface area (Å²) in [5.41, 5.74) is 5.57. The molecule has 2 aromatic heterocycles. The minimum absolute atomic E-state index is 0.416. The molecule has 0 spiro atoms. The second-order valence-electron chi connectivity index (χ2n) is 7.71. The Morgan fingerprint density at radius 2 is 1.90 bits per heavy atom. The lowest BCUT2D eigenvalue weighted by molar-refractivity contribution is -0.117. The normalized spacial score (nSPS) is 13.9. The molecule has 1 N–H and O–H groups in total. The Labute approximate surface area is 171 Å². The molecule has 148 valence electrons. The fourth-order valence-corrected chi connectivity index (χ4v) is 3.96. The minimum atomic E-state index is -0.543. The van der Waals surface area contributed by atoms with E-state index in [-0.39, 0.29) is 0 Å². The van der Waals surface area contributed by atoms with Crippen molar-refractivity contribution in [3.63, 3.8) is 0 Å². The van der Waals surface area contributed by atoms with Crippen LogP contribution in [0, 0.1) is 6.92 Å². The number of nitrogens with zero attached hydrogens (tertiary/aromatic N) is 1. The van der Waals surface area contributed by atoms with Gasteiger partial charge in [-0.1, -0.05) is 47.5 Å². The van der Waals surface area contributed by atoms with Crippen LogP contribution in [0.4, 0.5) is 0 Å². The number of hydrogen-bond acceptors (Lipinski definition) is 2. The average Bonchev–Trinajstić information content (AvgIpc) is 3.14. The van der Waals surface area contributed by atoms with Crippen molar-refractivity contribution in [2.24, 2.45) is 0 Å². The van der Waals surface area contributed by atoms with Gasteiger partial charge in [0.25, 0.3) is 11.7 Å². The molecule has 4 rings (SSSR count). The zero-order valence-electron chi connectivity index (χ0n) is 16.8. The summed E-state index contributed by atoms with van der Waals surface area (Å²) >= 11 is 0. The number of aryl methyl sites for hydroxylation is 1. The third kappa shape index (κ3) is 4.16. The maximum atomic E-state index is 13.1. The van der Waals surface area contributed by atoms with E-state index in [1.54, 1.807) is 4.40 Å². The summed E-state index contributed by atoms with van der Waals surface area (Å²) in [6.07, 6.45) is 9.61. The monoisotopic (exact) mass is 386 g/mol. The predicted octanol–water partition coefficient (Wildman–Crippen LogP) is 5.10. The third-order valence-corrected chi connectivity index (χ3v) is 5.58. The van der Waals surface area contributed by atoms with Gasteiger partial charge in [-0.25, -0.2) is 0 Å². The lowest BCUT2D eigenvalue weighted by Crippen LogP contribution is -2.33. The van der Waals surface area contributed by atoms with Crippen molar-refractivity contribution in [2.45, 2.75) is 39.0 Å². The highest BCUT2D eigenvalue weighted by molar-refractivity contribution is 6.43. The third-order valence-electron chi connectivity index (χ3n) is 5.58. The van der Waals surface area contributed by atoms with Gasteiger partial charge in [-0.3, -0.25) is 9.59 Å². The highest BCUT2D eigenvalue weighted by atomic mass is 16.2. The second-order valence-corrected chi connectivity index (χ2v) is 7.71. The standard InChI is InChI=1S/C25H26N2O2/c1-18-10-12-20(13-11-18)22-17-21-9-5-6-16-27(21)23(22)24(28)25(29)26-15-14-19-7-3-2-4-8-19/h5-7,9-13,16-17H,2-4,8,14-15H2,1H3,(H,26,29). The topological polar surface area (TPSA) is 50.6 Å². The first-order valence-corrected chi connectivity index (χ1v) is 10.3. The van der Waals surface area contributed by atoms with Crippen LogP contribution in [0.2, 0.25) is 0 Å². The van der Waals surface area contributed by atoms with Gasteiger partial charge in [-0.05, 0) is 62.8 Å². The molecule has 2 heterocycles. The summed E-state index contributed by atoms with van der Waals surface area (Å²) in [7, 11) is 0. The molecule has 0 unspecified atom stereocenters. The van der Waals surface area contributed by atoms with Gasteiger partial charge in [0, 0.05) is 23.8 Å². The summed E-state index contributed by atoms with van der Waals surface area (Å²) in [6.45, 7) is 2.53. The number of ketones is 1. The Balaban J connectivity index is 1.59. The van der Waals surface area contributed by atoms with Gasteiger partial charge < -0.3 is 9.72 Å². The van der Waals surface area contributed by atoms with Crippen molar-refractivity contribution >= 4 is 17.2 Å². The first-order valence-electron chi connectivity index (χ1n) is 10.3. The van der Waals surface area contributed by atoms with Gasteiger partial charge in [0.05, 0.1) is 0 Å². The number of aromatic nitrogens is 1. The molecule has 29 heavy (non-hydrogen) atoms. The van der Waals surface area contributed by atoms with Crippen LogP contribution >= 0.6 is 0 Å². The van der Waals surface area contributed by atoms with E-state index in [4.69, 9.17) is 0 Å². The lowest BCUT2D eigenvalue weighted by Gasteiger charge is -2.13. The maximum absolute atomic E-state index is 13.1. The summed E-state index contributed by atoms with van der Waals surface area (Å²) in [5, 5.41) is 2.83. The van der Waals surface area contributed by atoms with Crippen molar-refractivity contribution in [3.05, 3.63) is 77.6 Å². The van der Waals surface area contributed by atoms with Crippen molar-refractivity contribution in [3.8, 4) is 11.1 Å². The summed E-state index contributed by atoms with van der Waals surface area (Å²) < 4.78 is 1.81. The molecule has 0 bridgehead atoms. The van der Waals surface area contributed by atoms with Crippen molar-refractivity contribution in [1.29, 1.82) is 0 Å². The molecule has 4 nitrogen and oxygen atoms in total. The number of allylic oxidation sites excluding steroid dienone is 1. The van der Waals surface area contributed by atoms with Crippen LogP contribution < -0.4 is 5.32 Å². The molecular weight excluding hydrogens is 360 g/mol. The summed E-state index contributed by atoms with van der Waals surface area (Å²) in [6, 6.07) is 15.7. The average molecular weight is 386 g/mol. The number of rotatable bonds is 6. The van der Waals surface area contributed by atoms with Gasteiger partial charge >= 0.3 is 0 Å². The van der Waals surface area contributed by atoms with Crippen LogP contribution in [0.5, 0.6) is 0 Å². The highest BCUT2D eigenvalue weighted by Crippen LogP contribution is 2.28. The van der Waals surface area contributed by atoms with E-state index in [1.165, 1.54) is 18.4 Å². The van der Waals surface area contributed by atoms with E-state index in [2.05, 4.69) is 11.4 Å². The Kier molecular flexibility index (Phi) is 5.61. The fraction of sp³-hybridized carbons (Fsp3) is 0.280. The van der Waals surface area contributed by atoms with E-state index in [1.807, 2.05) is 61.7 Å². The van der Waals surface area contributed by atoms with Crippen molar-refractivity contribution < 1.29 is 9.59 Å². The summed E-state index contributed by atoms with van der Waals surface area (Å²) in [5.74, 6) is -1.04. The molecule has 0 aliphatic heterocycles. The molecule has 0 saturated heterocycles. The molecular formula is C25H26N2O2. The molecule has 4 heteroatoms. The summed E-state index contributed by atoms with van der Waals surface area (Å²) in [4.78, 5) is 25.8. The molecule has 1 aromatic carbocycles. The number of carbonyl (C=O) groups excluding carboxylic acids is 2. The number of pyridine rings is 1. The van der Waals surface area contributed by atoms with E-state index in [9.17, 15) is 9.59 Å². The zero-order valence-corrected chi connectivity index (χ0v) is 16.8. The Morgan fingerprint density at radius 1 is 1.07 bits per heavy atom. The maximum Gasteiger partial charge on any atom is 0.294 e. The zero-order chi connectivity index (χ0) is 20.2. The first-order chi connectivity index (χ1) is 14.1. The van der Waals surface area contributed by atoms with Crippen LogP contribution in [-0.4, -0.2) is 22.6 Å². The molecule has 0 saturated carbocycles. The SMILES string of the molecule is Cc1ccc(-c2cc3ccccn3c2C(=O)C(=O)NCCC2=CCCCC2)cc1. The van der Waals surface area contributed by atoms with Crippen molar-refractivity contribution in [2.75, 3.05) is 6.54 Å². The van der Waals surface area contributed by atoms with E-state index >= 15 is 0 Å². The van der Waals surface area contributed by atoms with E-state index in [0.717, 1.165) is 41.5 Å². The second kappa shape index (κ2) is 8.48.